The Hall–Kier alpha value is -2.44. The lowest BCUT2D eigenvalue weighted by Gasteiger charge is -2.13. The highest BCUT2D eigenvalue weighted by Crippen LogP contribution is 2.26. The number of nitrogens with two attached hydrogens (primary N) is 1. The van der Waals surface area contributed by atoms with E-state index in [2.05, 4.69) is 15.6 Å². The molecule has 0 aliphatic rings. The zero-order valence-electron chi connectivity index (χ0n) is 12.4. The average Bonchev–Trinajstić information content (AvgIpc) is 2.56. The fourth-order valence-corrected chi connectivity index (χ4v) is 2.07. The fourth-order valence-electron chi connectivity index (χ4n) is 1.90. The summed E-state index contributed by atoms with van der Waals surface area (Å²) in [6.45, 7) is 0.439. The molecule has 0 saturated heterocycles. The maximum atomic E-state index is 12.2. The lowest BCUT2D eigenvalue weighted by molar-refractivity contribution is -0.116. The molecule has 2 rings (SSSR count). The third kappa shape index (κ3) is 5.05. The summed E-state index contributed by atoms with van der Waals surface area (Å²) in [5.41, 5.74) is 6.78. The van der Waals surface area contributed by atoms with Gasteiger partial charge in [-0.3, -0.25) is 14.6 Å². The smallest absolute Gasteiger partial charge is 0.255 e. The minimum Gasteiger partial charge on any atom is -0.330 e. The number of carbonyl (C=O) groups excluding carboxylic acids is 2. The molecule has 0 spiro atoms. The molecular formula is C16H17ClN4O2. The summed E-state index contributed by atoms with van der Waals surface area (Å²) in [5.74, 6) is -0.482. The number of nitrogens with one attached hydrogen (secondary N) is 2. The SMILES string of the molecule is NCCCC(=O)Nc1cc(Cl)ccc1NC(=O)c1ccncc1. The van der Waals surface area contributed by atoms with E-state index in [1.807, 2.05) is 0 Å². The van der Waals surface area contributed by atoms with Crippen molar-refractivity contribution in [3.63, 3.8) is 0 Å². The molecule has 0 bridgehead atoms. The second-order valence-electron chi connectivity index (χ2n) is 4.82. The van der Waals surface area contributed by atoms with Crippen molar-refractivity contribution in [2.24, 2.45) is 5.73 Å². The summed E-state index contributed by atoms with van der Waals surface area (Å²) in [6, 6.07) is 8.07. The Labute approximate surface area is 139 Å². The van der Waals surface area contributed by atoms with Gasteiger partial charge in [0.25, 0.3) is 5.91 Å². The number of rotatable bonds is 6. The van der Waals surface area contributed by atoms with E-state index in [-0.39, 0.29) is 11.8 Å². The van der Waals surface area contributed by atoms with E-state index in [0.717, 1.165) is 0 Å². The second-order valence-corrected chi connectivity index (χ2v) is 5.26. The van der Waals surface area contributed by atoms with Gasteiger partial charge in [0.2, 0.25) is 5.91 Å². The maximum Gasteiger partial charge on any atom is 0.255 e. The number of hydrogen-bond acceptors (Lipinski definition) is 4. The van der Waals surface area contributed by atoms with Crippen LogP contribution in [-0.2, 0) is 4.79 Å². The molecule has 2 amide bonds. The monoisotopic (exact) mass is 332 g/mol. The van der Waals surface area contributed by atoms with Crippen molar-refractivity contribution in [1.82, 2.24) is 4.98 Å². The van der Waals surface area contributed by atoms with Crippen molar-refractivity contribution in [1.29, 1.82) is 0 Å². The van der Waals surface area contributed by atoms with Crippen molar-refractivity contribution in [2.75, 3.05) is 17.2 Å². The van der Waals surface area contributed by atoms with Gasteiger partial charge < -0.3 is 16.4 Å². The molecule has 0 atom stereocenters. The first-order chi connectivity index (χ1) is 11.1. The van der Waals surface area contributed by atoms with E-state index in [0.29, 0.717) is 41.3 Å². The van der Waals surface area contributed by atoms with Crippen LogP contribution in [-0.4, -0.2) is 23.3 Å². The molecule has 120 valence electrons. The van der Waals surface area contributed by atoms with Crippen LogP contribution in [0.2, 0.25) is 5.02 Å². The molecule has 23 heavy (non-hydrogen) atoms. The molecule has 0 aliphatic carbocycles. The van der Waals surface area contributed by atoms with Crippen molar-refractivity contribution >= 4 is 34.8 Å². The molecule has 2 aromatic rings. The number of anilines is 2. The zero-order valence-corrected chi connectivity index (χ0v) is 13.1. The first-order valence-corrected chi connectivity index (χ1v) is 7.49. The van der Waals surface area contributed by atoms with Crippen LogP contribution in [0.15, 0.2) is 42.7 Å². The van der Waals surface area contributed by atoms with E-state index in [1.54, 1.807) is 30.3 Å². The average molecular weight is 333 g/mol. The zero-order chi connectivity index (χ0) is 16.7. The van der Waals surface area contributed by atoms with E-state index in [4.69, 9.17) is 17.3 Å². The molecule has 0 aliphatic heterocycles. The van der Waals surface area contributed by atoms with Crippen molar-refractivity contribution in [3.8, 4) is 0 Å². The first-order valence-electron chi connectivity index (χ1n) is 7.11. The topological polar surface area (TPSA) is 97.1 Å². The Morgan fingerprint density at radius 1 is 1.09 bits per heavy atom. The number of carbonyl (C=O) groups is 2. The number of benzene rings is 1. The van der Waals surface area contributed by atoms with E-state index >= 15 is 0 Å². The Morgan fingerprint density at radius 2 is 1.83 bits per heavy atom. The van der Waals surface area contributed by atoms with Gasteiger partial charge in [-0.05, 0) is 43.3 Å². The summed E-state index contributed by atoms with van der Waals surface area (Å²) in [7, 11) is 0. The summed E-state index contributed by atoms with van der Waals surface area (Å²) < 4.78 is 0. The predicted octanol–water partition coefficient (Wildman–Crippen LogP) is 2.66. The van der Waals surface area contributed by atoms with Crippen LogP contribution in [0.1, 0.15) is 23.2 Å². The standard InChI is InChI=1S/C16H17ClN4O2/c17-12-3-4-13(14(10-12)20-15(22)2-1-7-18)21-16(23)11-5-8-19-9-6-11/h3-6,8-10H,1-2,7,18H2,(H,20,22)(H,21,23). The van der Waals surface area contributed by atoms with Gasteiger partial charge >= 0.3 is 0 Å². The molecule has 0 fully saturated rings. The number of aromatic nitrogens is 1. The van der Waals surface area contributed by atoms with Crippen molar-refractivity contribution < 1.29 is 9.59 Å². The molecule has 6 nitrogen and oxygen atoms in total. The van der Waals surface area contributed by atoms with Crippen molar-refractivity contribution in [3.05, 3.63) is 53.3 Å². The van der Waals surface area contributed by atoms with Gasteiger partial charge in [-0.1, -0.05) is 11.6 Å². The van der Waals surface area contributed by atoms with Crippen LogP contribution in [0.25, 0.3) is 0 Å². The quantitative estimate of drug-likeness (QED) is 0.757. The van der Waals surface area contributed by atoms with Gasteiger partial charge in [-0.2, -0.15) is 0 Å². The van der Waals surface area contributed by atoms with Crippen LogP contribution < -0.4 is 16.4 Å². The largest absolute Gasteiger partial charge is 0.330 e. The number of amides is 2. The molecule has 0 saturated carbocycles. The predicted molar refractivity (Wildman–Crippen MR) is 90.6 cm³/mol. The summed E-state index contributed by atoms with van der Waals surface area (Å²) in [5, 5.41) is 5.95. The molecular weight excluding hydrogens is 316 g/mol. The molecule has 1 aromatic carbocycles. The number of halogens is 1. The Bertz CT molecular complexity index is 692. The van der Waals surface area contributed by atoms with Gasteiger partial charge in [-0.25, -0.2) is 0 Å². The maximum absolute atomic E-state index is 12.2. The lowest BCUT2D eigenvalue weighted by atomic mass is 10.2. The van der Waals surface area contributed by atoms with Crippen LogP contribution in [0, 0.1) is 0 Å². The van der Waals surface area contributed by atoms with E-state index in [9.17, 15) is 9.59 Å². The van der Waals surface area contributed by atoms with Crippen LogP contribution >= 0.6 is 11.6 Å². The number of pyridine rings is 1. The first kappa shape index (κ1) is 16.9. The highest BCUT2D eigenvalue weighted by atomic mass is 35.5. The van der Waals surface area contributed by atoms with Crippen LogP contribution in [0.4, 0.5) is 11.4 Å². The summed E-state index contributed by atoms with van der Waals surface area (Å²) >= 11 is 5.97. The minimum absolute atomic E-state index is 0.183. The third-order valence-electron chi connectivity index (χ3n) is 3.05. The molecule has 4 N–H and O–H groups in total. The summed E-state index contributed by atoms with van der Waals surface area (Å²) in [4.78, 5) is 27.9. The second kappa shape index (κ2) is 8.26. The number of nitrogens with zero attached hydrogens (tertiary/aromatic N) is 1. The van der Waals surface area contributed by atoms with E-state index < -0.39 is 0 Å². The van der Waals surface area contributed by atoms with Gasteiger partial charge in [-0.15, -0.1) is 0 Å². The highest BCUT2D eigenvalue weighted by Gasteiger charge is 2.11. The van der Waals surface area contributed by atoms with E-state index in [1.165, 1.54) is 12.4 Å². The molecule has 1 aromatic heterocycles. The Kier molecular flexibility index (Phi) is 6.08. The van der Waals surface area contributed by atoms with Gasteiger partial charge in [0.15, 0.2) is 0 Å². The van der Waals surface area contributed by atoms with Gasteiger partial charge in [0, 0.05) is 29.4 Å². The molecule has 7 heteroatoms. The number of hydrogen-bond donors (Lipinski definition) is 3. The van der Waals surface area contributed by atoms with Gasteiger partial charge in [0.05, 0.1) is 11.4 Å². The fraction of sp³-hybridized carbons (Fsp3) is 0.188. The highest BCUT2D eigenvalue weighted by molar-refractivity contribution is 6.31. The lowest BCUT2D eigenvalue weighted by Crippen LogP contribution is -2.17. The Morgan fingerprint density at radius 3 is 2.52 bits per heavy atom. The Balaban J connectivity index is 2.15. The molecule has 1 heterocycles. The normalized spacial score (nSPS) is 10.2. The van der Waals surface area contributed by atoms with Gasteiger partial charge in [0.1, 0.15) is 0 Å². The van der Waals surface area contributed by atoms with Crippen molar-refractivity contribution in [2.45, 2.75) is 12.8 Å². The summed E-state index contributed by atoms with van der Waals surface area (Å²) in [6.07, 6.45) is 3.96. The van der Waals surface area contributed by atoms with Crippen LogP contribution in [0.3, 0.4) is 0 Å². The molecule has 0 radical (unpaired) electrons. The van der Waals surface area contributed by atoms with Crippen LogP contribution in [0.5, 0.6) is 0 Å². The molecule has 0 unspecified atom stereocenters. The minimum atomic E-state index is -0.299. The third-order valence-corrected chi connectivity index (χ3v) is 3.29.